The van der Waals surface area contributed by atoms with E-state index in [9.17, 15) is 18.8 Å². The third-order valence-corrected chi connectivity index (χ3v) is 5.23. The summed E-state index contributed by atoms with van der Waals surface area (Å²) >= 11 is 6.31. The predicted octanol–water partition coefficient (Wildman–Crippen LogP) is 5.03. The molecule has 0 bridgehead atoms. The Morgan fingerprint density at radius 2 is 1.79 bits per heavy atom. The fourth-order valence-electron chi connectivity index (χ4n) is 3.29. The molecule has 0 saturated carbocycles. The van der Waals surface area contributed by atoms with Crippen molar-refractivity contribution in [3.05, 3.63) is 99.8 Å². The van der Waals surface area contributed by atoms with Crippen LogP contribution in [-0.4, -0.2) is 17.8 Å². The van der Waals surface area contributed by atoms with Gasteiger partial charge in [0.2, 0.25) is 0 Å². The molecular weight excluding hydrogens is 447 g/mol. The molecular formula is C25H18ClFN2O4. The van der Waals surface area contributed by atoms with Gasteiger partial charge in [-0.1, -0.05) is 41.9 Å². The van der Waals surface area contributed by atoms with Crippen LogP contribution in [0, 0.1) is 12.7 Å². The molecule has 0 aliphatic carbocycles. The standard InChI is InChI=1S/C25H18ClFN2O4/c1-15-3-2-4-19(11-15)29-24(31)20(23(30)28-25(29)32)12-17-7-10-22(21(26)13-17)33-14-16-5-8-18(27)9-6-16/h2-13H,14H2,1H3,(H,28,30,32)/b20-12+. The summed E-state index contributed by atoms with van der Waals surface area (Å²) in [6, 6.07) is 16.7. The normalized spacial score (nSPS) is 15.1. The first-order chi connectivity index (χ1) is 15.8. The van der Waals surface area contributed by atoms with Crippen LogP contribution in [0.5, 0.6) is 5.75 Å². The molecule has 0 radical (unpaired) electrons. The number of carbonyl (C=O) groups is 3. The molecule has 33 heavy (non-hydrogen) atoms. The maximum Gasteiger partial charge on any atom is 0.335 e. The number of nitrogens with one attached hydrogen (secondary N) is 1. The molecule has 1 fully saturated rings. The summed E-state index contributed by atoms with van der Waals surface area (Å²) < 4.78 is 18.7. The summed E-state index contributed by atoms with van der Waals surface area (Å²) in [4.78, 5) is 38.6. The van der Waals surface area contributed by atoms with Crippen molar-refractivity contribution in [3.63, 3.8) is 0 Å². The van der Waals surface area contributed by atoms with Crippen LogP contribution in [0.1, 0.15) is 16.7 Å². The zero-order valence-corrected chi connectivity index (χ0v) is 18.2. The number of anilines is 1. The molecule has 4 amide bonds. The minimum atomic E-state index is -0.810. The molecule has 166 valence electrons. The van der Waals surface area contributed by atoms with Crippen LogP contribution in [0.4, 0.5) is 14.9 Å². The number of barbiturate groups is 1. The van der Waals surface area contributed by atoms with E-state index in [1.165, 1.54) is 18.2 Å². The van der Waals surface area contributed by atoms with Gasteiger partial charge in [0.15, 0.2) is 0 Å². The molecule has 1 aliphatic heterocycles. The molecule has 1 saturated heterocycles. The Morgan fingerprint density at radius 3 is 2.48 bits per heavy atom. The summed E-state index contributed by atoms with van der Waals surface area (Å²) in [5.74, 6) is -1.47. The second kappa shape index (κ2) is 9.26. The Kier molecular flexibility index (Phi) is 6.24. The second-order valence-corrected chi connectivity index (χ2v) is 7.81. The highest BCUT2D eigenvalue weighted by Crippen LogP contribution is 2.28. The zero-order valence-electron chi connectivity index (χ0n) is 17.5. The van der Waals surface area contributed by atoms with Crippen molar-refractivity contribution in [3.8, 4) is 5.75 Å². The van der Waals surface area contributed by atoms with Gasteiger partial charge in [-0.3, -0.25) is 14.9 Å². The van der Waals surface area contributed by atoms with E-state index in [0.717, 1.165) is 16.0 Å². The van der Waals surface area contributed by atoms with E-state index in [1.807, 2.05) is 13.0 Å². The molecule has 3 aromatic carbocycles. The van der Waals surface area contributed by atoms with Crippen molar-refractivity contribution in [2.24, 2.45) is 0 Å². The van der Waals surface area contributed by atoms with Gasteiger partial charge in [0.25, 0.3) is 11.8 Å². The Hall–Kier alpha value is -3.97. The lowest BCUT2D eigenvalue weighted by atomic mass is 10.1. The summed E-state index contributed by atoms with van der Waals surface area (Å²) in [6.07, 6.45) is 1.36. The van der Waals surface area contributed by atoms with Crippen molar-refractivity contribution in [1.82, 2.24) is 5.32 Å². The summed E-state index contributed by atoms with van der Waals surface area (Å²) in [7, 11) is 0. The SMILES string of the molecule is Cc1cccc(N2C(=O)NC(=O)/C(=C\c3ccc(OCc4ccc(F)cc4)c(Cl)c3)C2=O)c1. The number of rotatable bonds is 5. The zero-order chi connectivity index (χ0) is 23.5. The lowest BCUT2D eigenvalue weighted by Gasteiger charge is -2.26. The number of benzene rings is 3. The molecule has 8 heteroatoms. The van der Waals surface area contributed by atoms with Crippen molar-refractivity contribution >= 4 is 41.2 Å². The number of halogens is 2. The van der Waals surface area contributed by atoms with Gasteiger partial charge < -0.3 is 4.74 Å². The average Bonchev–Trinajstić information content (AvgIpc) is 2.77. The number of hydrogen-bond acceptors (Lipinski definition) is 4. The molecule has 0 atom stereocenters. The van der Waals surface area contributed by atoms with Gasteiger partial charge in [-0.25, -0.2) is 14.1 Å². The number of urea groups is 1. The minimum Gasteiger partial charge on any atom is -0.487 e. The van der Waals surface area contributed by atoms with Crippen molar-refractivity contribution in [2.45, 2.75) is 13.5 Å². The minimum absolute atomic E-state index is 0.189. The first-order valence-electron chi connectivity index (χ1n) is 9.97. The lowest BCUT2D eigenvalue weighted by Crippen LogP contribution is -2.54. The van der Waals surface area contributed by atoms with Crippen LogP contribution < -0.4 is 15.0 Å². The van der Waals surface area contributed by atoms with Crippen LogP contribution in [0.2, 0.25) is 5.02 Å². The highest BCUT2D eigenvalue weighted by atomic mass is 35.5. The van der Waals surface area contributed by atoms with E-state index >= 15 is 0 Å². The fourth-order valence-corrected chi connectivity index (χ4v) is 3.53. The number of carbonyl (C=O) groups excluding carboxylic acids is 3. The Labute approximate surface area is 194 Å². The van der Waals surface area contributed by atoms with Gasteiger partial charge in [0, 0.05) is 0 Å². The number of amides is 4. The Bertz CT molecular complexity index is 1290. The predicted molar refractivity (Wildman–Crippen MR) is 122 cm³/mol. The van der Waals surface area contributed by atoms with E-state index < -0.39 is 17.8 Å². The molecule has 1 N–H and O–H groups in total. The van der Waals surface area contributed by atoms with Crippen LogP contribution in [0.3, 0.4) is 0 Å². The van der Waals surface area contributed by atoms with Gasteiger partial charge in [-0.2, -0.15) is 0 Å². The Balaban J connectivity index is 1.56. The second-order valence-electron chi connectivity index (χ2n) is 7.40. The van der Waals surface area contributed by atoms with Gasteiger partial charge in [-0.05, 0) is 66.1 Å². The van der Waals surface area contributed by atoms with E-state index in [-0.39, 0.29) is 23.0 Å². The van der Waals surface area contributed by atoms with Gasteiger partial charge in [0.05, 0.1) is 10.7 Å². The van der Waals surface area contributed by atoms with Gasteiger partial charge in [0.1, 0.15) is 23.7 Å². The average molecular weight is 465 g/mol. The molecule has 3 aromatic rings. The first kappa shape index (κ1) is 22.2. The van der Waals surface area contributed by atoms with Crippen molar-refractivity contribution in [2.75, 3.05) is 4.90 Å². The molecule has 1 aliphatic rings. The summed E-state index contributed by atoms with van der Waals surface area (Å²) in [5.41, 5.74) is 2.26. The van der Waals surface area contributed by atoms with Crippen LogP contribution >= 0.6 is 11.6 Å². The van der Waals surface area contributed by atoms with E-state index in [2.05, 4.69) is 5.32 Å². The van der Waals surface area contributed by atoms with Gasteiger partial charge in [-0.15, -0.1) is 0 Å². The maximum atomic E-state index is 13.0. The van der Waals surface area contributed by atoms with Crippen LogP contribution in [0.15, 0.2) is 72.3 Å². The largest absolute Gasteiger partial charge is 0.487 e. The number of hydrogen-bond donors (Lipinski definition) is 1. The van der Waals surface area contributed by atoms with Crippen molar-refractivity contribution < 1.29 is 23.5 Å². The number of imide groups is 2. The molecule has 0 unspecified atom stereocenters. The molecule has 1 heterocycles. The molecule has 0 aromatic heterocycles. The van der Waals surface area contributed by atoms with Crippen LogP contribution in [0.25, 0.3) is 6.08 Å². The molecule has 6 nitrogen and oxygen atoms in total. The van der Waals surface area contributed by atoms with Gasteiger partial charge >= 0.3 is 6.03 Å². The summed E-state index contributed by atoms with van der Waals surface area (Å²) in [5, 5.41) is 2.46. The third kappa shape index (κ3) is 4.94. The van der Waals surface area contributed by atoms with E-state index in [1.54, 1.807) is 48.5 Å². The smallest absolute Gasteiger partial charge is 0.335 e. The van der Waals surface area contributed by atoms with Crippen LogP contribution in [-0.2, 0) is 16.2 Å². The topological polar surface area (TPSA) is 75.7 Å². The van der Waals surface area contributed by atoms with Crippen molar-refractivity contribution in [1.29, 1.82) is 0 Å². The van der Waals surface area contributed by atoms with E-state index in [4.69, 9.17) is 16.3 Å². The first-order valence-corrected chi connectivity index (χ1v) is 10.3. The Morgan fingerprint density at radius 1 is 1.03 bits per heavy atom. The van der Waals surface area contributed by atoms with E-state index in [0.29, 0.717) is 17.0 Å². The maximum absolute atomic E-state index is 13.0. The molecule has 0 spiro atoms. The number of aryl methyl sites for hydroxylation is 1. The number of ether oxygens (including phenoxy) is 1. The highest BCUT2D eigenvalue weighted by molar-refractivity contribution is 6.39. The quantitative estimate of drug-likeness (QED) is 0.424. The lowest BCUT2D eigenvalue weighted by molar-refractivity contribution is -0.122. The molecule has 4 rings (SSSR count). The monoisotopic (exact) mass is 464 g/mol. The number of nitrogens with zero attached hydrogens (tertiary/aromatic N) is 1. The summed E-state index contributed by atoms with van der Waals surface area (Å²) in [6.45, 7) is 2.02. The highest BCUT2D eigenvalue weighted by Gasteiger charge is 2.36. The fraction of sp³-hybridized carbons (Fsp3) is 0.0800. The third-order valence-electron chi connectivity index (χ3n) is 4.94.